The molecule has 7 heteroatoms. The average molecular weight is 253 g/mol. The summed E-state index contributed by atoms with van der Waals surface area (Å²) in [4.78, 5) is 11.7. The van der Waals surface area contributed by atoms with E-state index < -0.39 is 0 Å². The van der Waals surface area contributed by atoms with E-state index in [0.717, 1.165) is 12.1 Å². The quantitative estimate of drug-likeness (QED) is 0.468. The van der Waals surface area contributed by atoms with Gasteiger partial charge in [0.1, 0.15) is 0 Å². The van der Waals surface area contributed by atoms with Crippen molar-refractivity contribution in [1.29, 1.82) is 0 Å². The second kappa shape index (κ2) is 4.56. The number of aromatic nitrogens is 2. The molecular weight excluding hydrogens is 242 g/mol. The Bertz CT molecular complexity index is 702. The fourth-order valence-electron chi connectivity index (χ4n) is 1.98. The van der Waals surface area contributed by atoms with Crippen molar-refractivity contribution in [3.05, 3.63) is 47.0 Å². The van der Waals surface area contributed by atoms with Crippen molar-refractivity contribution in [3.63, 3.8) is 0 Å². The summed E-state index contributed by atoms with van der Waals surface area (Å²) >= 11 is 0. The molecule has 0 N–H and O–H groups in total. The first-order valence-electron chi connectivity index (χ1n) is 5.78. The molecule has 0 radical (unpaired) electrons. The number of nitrogens with zero attached hydrogens (tertiary/aromatic N) is 7. The van der Waals surface area contributed by atoms with Crippen LogP contribution in [0.5, 0.6) is 0 Å². The zero-order valence-corrected chi connectivity index (χ0v) is 10.3. The van der Waals surface area contributed by atoms with Crippen molar-refractivity contribution in [2.75, 3.05) is 18.6 Å². The fraction of sp³-hybridized carbons (Fsp3) is 0.167. The van der Waals surface area contributed by atoms with Gasteiger partial charge in [-0.25, -0.2) is 15.0 Å². The lowest BCUT2D eigenvalue weighted by molar-refractivity contribution is 0.394. The number of benzene rings is 1. The Morgan fingerprint density at radius 1 is 1.26 bits per heavy atom. The summed E-state index contributed by atoms with van der Waals surface area (Å²) in [6, 6.07) is 7.49. The number of hydrogen-bond donors (Lipinski definition) is 0. The van der Waals surface area contributed by atoms with Crippen molar-refractivity contribution in [3.8, 4) is 0 Å². The van der Waals surface area contributed by atoms with E-state index in [2.05, 4.69) is 20.0 Å². The van der Waals surface area contributed by atoms with Gasteiger partial charge >= 0.3 is 0 Å². The van der Waals surface area contributed by atoms with Crippen molar-refractivity contribution in [2.45, 2.75) is 0 Å². The first kappa shape index (κ1) is 11.5. The molecule has 2 aromatic rings. The van der Waals surface area contributed by atoms with Crippen LogP contribution in [0.25, 0.3) is 21.5 Å². The number of hydrogen-bond acceptors (Lipinski definition) is 5. The van der Waals surface area contributed by atoms with Crippen LogP contribution in [0.4, 0.5) is 11.6 Å². The van der Waals surface area contributed by atoms with E-state index in [9.17, 15) is 0 Å². The molecule has 0 bridgehead atoms. The van der Waals surface area contributed by atoms with Crippen molar-refractivity contribution < 1.29 is 0 Å². The van der Waals surface area contributed by atoms with Gasteiger partial charge in [-0.2, -0.15) is 0 Å². The normalized spacial score (nSPS) is 14.9. The van der Waals surface area contributed by atoms with E-state index in [1.165, 1.54) is 0 Å². The van der Waals surface area contributed by atoms with Gasteiger partial charge in [-0.3, -0.25) is 5.01 Å². The minimum atomic E-state index is 0.277. The third kappa shape index (κ3) is 1.97. The lowest BCUT2D eigenvalue weighted by atomic mass is 10.3. The van der Waals surface area contributed by atoms with Crippen molar-refractivity contribution in [1.82, 2.24) is 15.0 Å². The average Bonchev–Trinajstić information content (AvgIpc) is 2.84. The van der Waals surface area contributed by atoms with E-state index in [1.807, 2.05) is 53.6 Å². The van der Waals surface area contributed by atoms with Crippen LogP contribution in [0.15, 0.2) is 41.7 Å². The molecule has 0 unspecified atom stereocenters. The zero-order chi connectivity index (χ0) is 13.2. The van der Waals surface area contributed by atoms with Gasteiger partial charge in [0.05, 0.1) is 11.0 Å². The molecule has 0 saturated carbocycles. The summed E-state index contributed by atoms with van der Waals surface area (Å²) in [5.41, 5.74) is 10.1. The molecule has 0 amide bonds. The molecule has 0 aliphatic carbocycles. The highest BCUT2D eigenvalue weighted by Crippen LogP contribution is 2.29. The number of likely N-dealkylation sites (N-methyl/N-ethyl adjacent to an activating group) is 1. The fourth-order valence-corrected chi connectivity index (χ4v) is 1.98. The molecule has 0 saturated heterocycles. The summed E-state index contributed by atoms with van der Waals surface area (Å²) in [5, 5.41) is 7.42. The predicted octanol–water partition coefficient (Wildman–Crippen LogP) is 2.75. The standard InChI is InChI=1S/C12H11N7/c1-18-7-4-8-19(18)12-11(16-17-13)14-9-5-2-3-6-10(9)15-12/h2-6,8H,7H2,1H3. The Morgan fingerprint density at radius 3 is 2.63 bits per heavy atom. The van der Waals surface area contributed by atoms with Crippen LogP contribution < -0.4 is 5.01 Å². The van der Waals surface area contributed by atoms with Gasteiger partial charge in [-0.15, -0.1) is 0 Å². The molecular formula is C12H11N7. The minimum absolute atomic E-state index is 0.277. The third-order valence-corrected chi connectivity index (χ3v) is 2.87. The summed E-state index contributed by atoms with van der Waals surface area (Å²) in [6.07, 6.45) is 3.88. The van der Waals surface area contributed by atoms with Crippen LogP contribution in [-0.4, -0.2) is 28.6 Å². The summed E-state index contributed by atoms with van der Waals surface area (Å²) in [5.74, 6) is 0.812. The number of anilines is 1. The number of para-hydroxylation sites is 2. The highest BCUT2D eigenvalue weighted by Gasteiger charge is 2.19. The molecule has 94 valence electrons. The van der Waals surface area contributed by atoms with E-state index in [4.69, 9.17) is 5.53 Å². The molecule has 0 atom stereocenters. The molecule has 7 nitrogen and oxygen atoms in total. The van der Waals surface area contributed by atoms with Crippen LogP contribution in [0.3, 0.4) is 0 Å². The molecule has 0 spiro atoms. The third-order valence-electron chi connectivity index (χ3n) is 2.87. The molecule has 19 heavy (non-hydrogen) atoms. The van der Waals surface area contributed by atoms with Gasteiger partial charge in [-0.05, 0) is 22.8 Å². The number of hydrazine groups is 1. The topological polar surface area (TPSA) is 81.0 Å². The highest BCUT2D eigenvalue weighted by atomic mass is 15.6. The van der Waals surface area contributed by atoms with Gasteiger partial charge in [-0.1, -0.05) is 18.2 Å². The largest absolute Gasteiger partial charge is 0.263 e. The monoisotopic (exact) mass is 253 g/mol. The van der Waals surface area contributed by atoms with Gasteiger partial charge in [0.25, 0.3) is 0 Å². The first-order chi connectivity index (χ1) is 9.29. The summed E-state index contributed by atoms with van der Waals surface area (Å²) in [7, 11) is 1.93. The van der Waals surface area contributed by atoms with E-state index in [0.29, 0.717) is 11.3 Å². The molecule has 1 aromatic heterocycles. The SMILES string of the molecule is CN1CC=CN1c1nc2ccccc2nc1N=[N+]=[N-]. The van der Waals surface area contributed by atoms with Crippen LogP contribution >= 0.6 is 0 Å². The molecule has 2 heterocycles. The number of rotatable bonds is 2. The van der Waals surface area contributed by atoms with Crippen LogP contribution in [0.1, 0.15) is 0 Å². The summed E-state index contributed by atoms with van der Waals surface area (Å²) < 4.78 is 0. The molecule has 0 fully saturated rings. The van der Waals surface area contributed by atoms with Crippen molar-refractivity contribution >= 4 is 22.7 Å². The number of azide groups is 1. The highest BCUT2D eigenvalue weighted by molar-refractivity contribution is 5.79. The predicted molar refractivity (Wildman–Crippen MR) is 72.6 cm³/mol. The second-order valence-corrected chi connectivity index (χ2v) is 4.12. The Labute approximate surface area is 109 Å². The molecule has 1 aromatic carbocycles. The van der Waals surface area contributed by atoms with Gasteiger partial charge in [0, 0.05) is 24.7 Å². The Morgan fingerprint density at radius 2 is 2.00 bits per heavy atom. The van der Waals surface area contributed by atoms with Crippen LogP contribution in [0.2, 0.25) is 0 Å². The molecule has 1 aliphatic heterocycles. The second-order valence-electron chi connectivity index (χ2n) is 4.12. The van der Waals surface area contributed by atoms with Gasteiger partial charge in [0.2, 0.25) is 0 Å². The summed E-state index contributed by atoms with van der Waals surface area (Å²) in [6.45, 7) is 0.782. The van der Waals surface area contributed by atoms with Crippen molar-refractivity contribution in [2.24, 2.45) is 5.11 Å². The maximum Gasteiger partial charge on any atom is 0.176 e. The lowest BCUT2D eigenvalue weighted by Crippen LogP contribution is -2.32. The Kier molecular flexibility index (Phi) is 2.75. The lowest BCUT2D eigenvalue weighted by Gasteiger charge is -2.24. The van der Waals surface area contributed by atoms with Gasteiger partial charge in [0.15, 0.2) is 11.6 Å². The van der Waals surface area contributed by atoms with Crippen LogP contribution in [-0.2, 0) is 0 Å². The Hall–Kier alpha value is -2.63. The maximum atomic E-state index is 8.67. The van der Waals surface area contributed by atoms with E-state index in [-0.39, 0.29) is 5.82 Å². The number of fused-ring (bicyclic) bond motifs is 1. The zero-order valence-electron chi connectivity index (χ0n) is 10.3. The minimum Gasteiger partial charge on any atom is -0.263 e. The molecule has 3 rings (SSSR count). The first-order valence-corrected chi connectivity index (χ1v) is 5.78. The maximum absolute atomic E-state index is 8.67. The van der Waals surface area contributed by atoms with Gasteiger partial charge < -0.3 is 0 Å². The Balaban J connectivity index is 2.23. The smallest absolute Gasteiger partial charge is 0.176 e. The van der Waals surface area contributed by atoms with Crippen LogP contribution in [0, 0.1) is 0 Å². The van der Waals surface area contributed by atoms with E-state index in [1.54, 1.807) is 0 Å². The van der Waals surface area contributed by atoms with E-state index >= 15 is 0 Å². The molecule has 1 aliphatic rings.